The van der Waals surface area contributed by atoms with E-state index in [0.717, 1.165) is 21.5 Å². The molecule has 1 aliphatic heterocycles. The summed E-state index contributed by atoms with van der Waals surface area (Å²) in [7, 11) is 1.93. The zero-order valence-corrected chi connectivity index (χ0v) is 11.5. The van der Waals surface area contributed by atoms with Crippen LogP contribution >= 0.6 is 15.9 Å². The van der Waals surface area contributed by atoms with Gasteiger partial charge in [-0.1, -0.05) is 15.9 Å². The Balaban J connectivity index is 1.97. The number of aliphatic hydroxyl groups is 1. The molecule has 0 amide bonds. The number of nitrogens with zero attached hydrogens (tertiary/aromatic N) is 2. The monoisotopic (exact) mass is 308 g/mol. The van der Waals surface area contributed by atoms with Crippen LogP contribution in [0.25, 0.3) is 0 Å². The Morgan fingerprint density at radius 3 is 3.06 bits per heavy atom. The zero-order valence-electron chi connectivity index (χ0n) is 9.88. The molecule has 2 atom stereocenters. The van der Waals surface area contributed by atoms with E-state index in [1.807, 2.05) is 29.8 Å². The minimum Gasteiger partial charge on any atom is -0.484 e. The van der Waals surface area contributed by atoms with Crippen LogP contribution in [-0.2, 0) is 7.05 Å². The van der Waals surface area contributed by atoms with E-state index in [9.17, 15) is 5.11 Å². The second-order valence-electron chi connectivity index (χ2n) is 4.47. The van der Waals surface area contributed by atoms with E-state index in [1.165, 1.54) is 0 Å². The number of ether oxygens (including phenoxy) is 1. The number of hydrogen-bond donors (Lipinski definition) is 1. The van der Waals surface area contributed by atoms with E-state index in [-0.39, 0.29) is 6.10 Å². The molecular weight excluding hydrogens is 296 g/mol. The quantitative estimate of drug-likeness (QED) is 0.881. The predicted octanol–water partition coefficient (Wildman–Crippen LogP) is 2.74. The van der Waals surface area contributed by atoms with Crippen molar-refractivity contribution in [2.45, 2.75) is 18.6 Å². The second kappa shape index (κ2) is 4.40. The summed E-state index contributed by atoms with van der Waals surface area (Å²) in [5.41, 5.74) is 1.81. The number of aryl methyl sites for hydroxylation is 1. The molecule has 2 heterocycles. The summed E-state index contributed by atoms with van der Waals surface area (Å²) in [4.78, 5) is 4.09. The Bertz CT molecular complexity index is 582. The summed E-state index contributed by atoms with van der Waals surface area (Å²) in [6.45, 7) is 0. The number of fused-ring (bicyclic) bond motifs is 1. The fourth-order valence-corrected chi connectivity index (χ4v) is 2.66. The smallest absolute Gasteiger partial charge is 0.143 e. The first-order valence-corrected chi connectivity index (χ1v) is 6.55. The van der Waals surface area contributed by atoms with Gasteiger partial charge in [-0.2, -0.15) is 0 Å². The molecule has 2 aromatic rings. The molecule has 2 unspecified atom stereocenters. The Hall–Kier alpha value is -1.33. The van der Waals surface area contributed by atoms with E-state index < -0.39 is 6.10 Å². The highest BCUT2D eigenvalue weighted by atomic mass is 79.9. The average molecular weight is 309 g/mol. The number of halogens is 1. The lowest BCUT2D eigenvalue weighted by Gasteiger charge is -2.29. The molecule has 1 aromatic heterocycles. The first-order valence-electron chi connectivity index (χ1n) is 5.75. The number of aliphatic hydroxyl groups excluding tert-OH is 1. The van der Waals surface area contributed by atoms with E-state index in [2.05, 4.69) is 20.9 Å². The Morgan fingerprint density at radius 2 is 2.33 bits per heavy atom. The van der Waals surface area contributed by atoms with Crippen molar-refractivity contribution >= 4 is 15.9 Å². The standard InChI is InChI=1S/C13H13BrN2O2/c1-16-7-15-6-10(16)13-5-11(17)9-4-8(14)2-3-12(9)18-13/h2-4,6-7,11,13,17H,5H2,1H3. The summed E-state index contributed by atoms with van der Waals surface area (Å²) in [6, 6.07) is 5.70. The molecule has 0 fully saturated rings. The van der Waals surface area contributed by atoms with Crippen molar-refractivity contribution in [1.82, 2.24) is 9.55 Å². The Labute approximate surface area is 113 Å². The molecule has 5 heteroatoms. The summed E-state index contributed by atoms with van der Waals surface area (Å²) in [5.74, 6) is 0.739. The van der Waals surface area contributed by atoms with Gasteiger partial charge in [-0.3, -0.25) is 0 Å². The highest BCUT2D eigenvalue weighted by Crippen LogP contribution is 2.41. The van der Waals surface area contributed by atoms with Gasteiger partial charge in [0.05, 0.1) is 24.3 Å². The van der Waals surface area contributed by atoms with E-state index in [1.54, 1.807) is 12.5 Å². The van der Waals surface area contributed by atoms with Gasteiger partial charge in [0.25, 0.3) is 0 Å². The third kappa shape index (κ3) is 1.93. The van der Waals surface area contributed by atoms with Crippen molar-refractivity contribution in [2.75, 3.05) is 0 Å². The van der Waals surface area contributed by atoms with Crippen molar-refractivity contribution in [3.63, 3.8) is 0 Å². The molecule has 1 aromatic carbocycles. The molecule has 0 saturated carbocycles. The average Bonchev–Trinajstić information content (AvgIpc) is 2.76. The number of imidazole rings is 1. The van der Waals surface area contributed by atoms with Crippen LogP contribution in [0.1, 0.15) is 29.9 Å². The Kier molecular flexibility index (Phi) is 2.87. The van der Waals surface area contributed by atoms with Gasteiger partial charge in [-0.25, -0.2) is 4.98 Å². The molecular formula is C13H13BrN2O2. The lowest BCUT2D eigenvalue weighted by Crippen LogP contribution is -2.20. The first-order chi connectivity index (χ1) is 8.65. The van der Waals surface area contributed by atoms with Crippen LogP contribution in [0.5, 0.6) is 5.75 Å². The van der Waals surface area contributed by atoms with Crippen LogP contribution in [0.2, 0.25) is 0 Å². The fraction of sp³-hybridized carbons (Fsp3) is 0.308. The lowest BCUT2D eigenvalue weighted by atomic mass is 9.98. The molecule has 18 heavy (non-hydrogen) atoms. The normalized spacial score (nSPS) is 22.4. The van der Waals surface area contributed by atoms with Gasteiger partial charge < -0.3 is 14.4 Å². The topological polar surface area (TPSA) is 47.3 Å². The SMILES string of the molecule is Cn1cncc1C1CC(O)c2cc(Br)ccc2O1. The summed E-state index contributed by atoms with van der Waals surface area (Å²) in [6.07, 6.45) is 3.40. The van der Waals surface area contributed by atoms with Gasteiger partial charge in [0.15, 0.2) is 0 Å². The third-order valence-corrected chi connectivity index (χ3v) is 3.71. The molecule has 4 nitrogen and oxygen atoms in total. The summed E-state index contributed by atoms with van der Waals surface area (Å²) in [5, 5.41) is 10.2. The number of aromatic nitrogens is 2. The highest BCUT2D eigenvalue weighted by Gasteiger charge is 2.29. The molecule has 0 bridgehead atoms. The summed E-state index contributed by atoms with van der Waals surface area (Å²) < 4.78 is 8.81. The largest absolute Gasteiger partial charge is 0.484 e. The van der Waals surface area contributed by atoms with Crippen LogP contribution in [-0.4, -0.2) is 14.7 Å². The van der Waals surface area contributed by atoms with Crippen LogP contribution in [0.15, 0.2) is 35.2 Å². The maximum atomic E-state index is 10.2. The van der Waals surface area contributed by atoms with Gasteiger partial charge in [-0.15, -0.1) is 0 Å². The minimum atomic E-state index is -0.508. The molecule has 94 valence electrons. The minimum absolute atomic E-state index is 0.152. The van der Waals surface area contributed by atoms with E-state index >= 15 is 0 Å². The molecule has 1 N–H and O–H groups in total. The molecule has 0 radical (unpaired) electrons. The highest BCUT2D eigenvalue weighted by molar-refractivity contribution is 9.10. The van der Waals surface area contributed by atoms with E-state index in [0.29, 0.717) is 6.42 Å². The Morgan fingerprint density at radius 1 is 1.50 bits per heavy atom. The van der Waals surface area contributed by atoms with Gasteiger partial charge in [-0.05, 0) is 18.2 Å². The maximum absolute atomic E-state index is 10.2. The van der Waals surface area contributed by atoms with Gasteiger partial charge in [0.1, 0.15) is 11.9 Å². The summed E-state index contributed by atoms with van der Waals surface area (Å²) >= 11 is 3.40. The van der Waals surface area contributed by atoms with Gasteiger partial charge >= 0.3 is 0 Å². The van der Waals surface area contributed by atoms with Crippen LogP contribution in [0.3, 0.4) is 0 Å². The van der Waals surface area contributed by atoms with Crippen molar-refractivity contribution in [1.29, 1.82) is 0 Å². The molecule has 3 rings (SSSR count). The number of rotatable bonds is 1. The fourth-order valence-electron chi connectivity index (χ4n) is 2.28. The predicted molar refractivity (Wildman–Crippen MR) is 70.3 cm³/mol. The number of hydrogen-bond acceptors (Lipinski definition) is 3. The maximum Gasteiger partial charge on any atom is 0.143 e. The van der Waals surface area contributed by atoms with Crippen LogP contribution in [0, 0.1) is 0 Å². The zero-order chi connectivity index (χ0) is 12.7. The molecule has 0 spiro atoms. The van der Waals surface area contributed by atoms with Crippen LogP contribution in [0.4, 0.5) is 0 Å². The lowest BCUT2D eigenvalue weighted by molar-refractivity contribution is 0.0622. The van der Waals surface area contributed by atoms with Crippen molar-refractivity contribution < 1.29 is 9.84 Å². The first kappa shape index (κ1) is 11.7. The van der Waals surface area contributed by atoms with Gasteiger partial charge in [0.2, 0.25) is 0 Å². The number of benzene rings is 1. The van der Waals surface area contributed by atoms with Crippen molar-refractivity contribution in [3.8, 4) is 5.75 Å². The van der Waals surface area contributed by atoms with Gasteiger partial charge in [0, 0.05) is 23.5 Å². The van der Waals surface area contributed by atoms with Crippen molar-refractivity contribution in [2.24, 2.45) is 7.05 Å². The molecule has 1 aliphatic rings. The van der Waals surface area contributed by atoms with Crippen molar-refractivity contribution in [3.05, 3.63) is 46.5 Å². The molecule has 0 aliphatic carbocycles. The molecule has 0 saturated heterocycles. The third-order valence-electron chi connectivity index (χ3n) is 3.22. The van der Waals surface area contributed by atoms with E-state index in [4.69, 9.17) is 4.74 Å². The second-order valence-corrected chi connectivity index (χ2v) is 5.39. The van der Waals surface area contributed by atoms with Crippen LogP contribution < -0.4 is 4.74 Å².